The van der Waals surface area contributed by atoms with E-state index in [-0.39, 0.29) is 18.7 Å². The minimum atomic E-state index is -0.605. The number of nitrogens with one attached hydrogen (secondary N) is 2. The third kappa shape index (κ3) is 6.05. The Labute approximate surface area is 164 Å². The Morgan fingerprint density at radius 2 is 2.11 bits per heavy atom. The molecule has 0 aliphatic carbocycles. The summed E-state index contributed by atoms with van der Waals surface area (Å²) in [6, 6.07) is 11.2. The molecule has 0 spiro atoms. The maximum atomic E-state index is 12.0. The topological polar surface area (TPSA) is 106 Å². The van der Waals surface area contributed by atoms with Crippen LogP contribution >= 0.6 is 0 Å². The average molecular weight is 389 g/mol. The number of rotatable bonds is 8. The Bertz CT molecular complexity index is 736. The fourth-order valence-electron chi connectivity index (χ4n) is 3.21. The SMILES string of the molecule is COCc1cc(C[C@@H]2CC[C@H](O)[C@@H](CNC(=O)NCc3ccccc3)O2)no1. The van der Waals surface area contributed by atoms with Crippen LogP contribution in [-0.4, -0.2) is 48.3 Å². The quantitative estimate of drug-likeness (QED) is 0.635. The number of aliphatic hydroxyl groups is 1. The van der Waals surface area contributed by atoms with Crippen molar-refractivity contribution >= 4 is 6.03 Å². The molecule has 0 unspecified atom stereocenters. The third-order valence-corrected chi connectivity index (χ3v) is 4.67. The zero-order valence-corrected chi connectivity index (χ0v) is 16.0. The summed E-state index contributed by atoms with van der Waals surface area (Å²) in [5.41, 5.74) is 1.81. The number of aliphatic hydroxyl groups excluding tert-OH is 1. The second kappa shape index (κ2) is 10.2. The monoisotopic (exact) mass is 389 g/mol. The van der Waals surface area contributed by atoms with Crippen LogP contribution in [0, 0.1) is 0 Å². The summed E-state index contributed by atoms with van der Waals surface area (Å²) >= 11 is 0. The van der Waals surface area contributed by atoms with Crippen molar-refractivity contribution in [3.05, 3.63) is 53.4 Å². The summed E-state index contributed by atoms with van der Waals surface area (Å²) in [5, 5.41) is 19.8. The molecule has 0 bridgehead atoms. The number of nitrogens with zero attached hydrogens (tertiary/aromatic N) is 1. The average Bonchev–Trinajstić information content (AvgIpc) is 3.15. The van der Waals surface area contributed by atoms with Crippen LogP contribution in [0.15, 0.2) is 40.9 Å². The number of aromatic nitrogens is 1. The van der Waals surface area contributed by atoms with Crippen molar-refractivity contribution in [2.24, 2.45) is 0 Å². The van der Waals surface area contributed by atoms with Gasteiger partial charge in [-0.25, -0.2) is 4.79 Å². The Kier molecular flexibility index (Phi) is 7.41. The van der Waals surface area contributed by atoms with Crippen LogP contribution < -0.4 is 10.6 Å². The van der Waals surface area contributed by atoms with Crippen LogP contribution in [0.1, 0.15) is 29.9 Å². The first-order valence-electron chi connectivity index (χ1n) is 9.46. The number of benzene rings is 1. The van der Waals surface area contributed by atoms with Crippen LogP contribution in [0.5, 0.6) is 0 Å². The van der Waals surface area contributed by atoms with Gasteiger partial charge in [0, 0.05) is 32.7 Å². The van der Waals surface area contributed by atoms with Crippen molar-refractivity contribution in [3.8, 4) is 0 Å². The van der Waals surface area contributed by atoms with Crippen LogP contribution in [0.25, 0.3) is 0 Å². The minimum absolute atomic E-state index is 0.0805. The highest BCUT2D eigenvalue weighted by atomic mass is 16.5. The van der Waals surface area contributed by atoms with Crippen molar-refractivity contribution in [2.75, 3.05) is 13.7 Å². The van der Waals surface area contributed by atoms with Gasteiger partial charge < -0.3 is 29.7 Å². The van der Waals surface area contributed by atoms with Crippen molar-refractivity contribution < 1.29 is 23.9 Å². The third-order valence-electron chi connectivity index (χ3n) is 4.67. The molecule has 2 amide bonds. The van der Waals surface area contributed by atoms with Gasteiger partial charge in [0.05, 0.1) is 17.9 Å². The molecular formula is C20H27N3O5. The molecule has 3 N–H and O–H groups in total. The van der Waals surface area contributed by atoms with E-state index in [2.05, 4.69) is 15.8 Å². The van der Waals surface area contributed by atoms with Gasteiger partial charge >= 0.3 is 6.03 Å². The van der Waals surface area contributed by atoms with Gasteiger partial charge in [0.2, 0.25) is 0 Å². The standard InChI is InChI=1S/C20H27N3O5/c1-26-13-17-10-15(23-28-17)9-16-7-8-18(24)19(27-16)12-22-20(25)21-11-14-5-3-2-4-6-14/h2-6,10,16,18-19,24H,7-9,11-13H2,1H3,(H2,21,22,25)/t16-,18-,19+/m0/s1. The Morgan fingerprint density at radius 1 is 1.29 bits per heavy atom. The summed E-state index contributed by atoms with van der Waals surface area (Å²) in [4.78, 5) is 12.0. The molecule has 28 heavy (non-hydrogen) atoms. The lowest BCUT2D eigenvalue weighted by Crippen LogP contribution is -2.48. The Hall–Kier alpha value is -2.42. The van der Waals surface area contributed by atoms with Gasteiger partial charge in [-0.15, -0.1) is 0 Å². The molecule has 152 valence electrons. The smallest absolute Gasteiger partial charge is 0.315 e. The largest absolute Gasteiger partial charge is 0.390 e. The second-order valence-corrected chi connectivity index (χ2v) is 6.91. The fourth-order valence-corrected chi connectivity index (χ4v) is 3.21. The fraction of sp³-hybridized carbons (Fsp3) is 0.500. The number of hydrogen-bond donors (Lipinski definition) is 3. The summed E-state index contributed by atoms with van der Waals surface area (Å²) in [6.07, 6.45) is 0.800. The van der Waals surface area contributed by atoms with Gasteiger partial charge in [0.1, 0.15) is 12.7 Å². The molecule has 0 radical (unpaired) electrons. The summed E-state index contributed by atoms with van der Waals surface area (Å²) < 4.78 is 16.2. The predicted octanol–water partition coefficient (Wildman–Crippen LogP) is 1.77. The molecule has 1 saturated heterocycles. The molecule has 1 fully saturated rings. The zero-order valence-electron chi connectivity index (χ0n) is 16.0. The lowest BCUT2D eigenvalue weighted by Gasteiger charge is -2.33. The Balaban J connectivity index is 1.42. The molecule has 1 aliphatic rings. The first-order chi connectivity index (χ1) is 13.6. The molecule has 1 aromatic carbocycles. The van der Waals surface area contributed by atoms with Crippen LogP contribution in [0.2, 0.25) is 0 Å². The van der Waals surface area contributed by atoms with E-state index in [0.29, 0.717) is 31.8 Å². The van der Waals surface area contributed by atoms with Gasteiger partial charge in [0.15, 0.2) is 5.76 Å². The molecule has 1 aliphatic heterocycles. The molecular weight excluding hydrogens is 362 g/mol. The highest BCUT2D eigenvalue weighted by molar-refractivity contribution is 5.73. The lowest BCUT2D eigenvalue weighted by atomic mass is 9.98. The number of methoxy groups -OCH3 is 1. The molecule has 8 heteroatoms. The van der Waals surface area contributed by atoms with Crippen molar-refractivity contribution in [3.63, 3.8) is 0 Å². The molecule has 3 atom stereocenters. The van der Waals surface area contributed by atoms with Gasteiger partial charge in [0.25, 0.3) is 0 Å². The molecule has 3 rings (SSSR count). The van der Waals surface area contributed by atoms with Gasteiger partial charge in [-0.1, -0.05) is 35.5 Å². The van der Waals surface area contributed by atoms with E-state index in [1.165, 1.54) is 0 Å². The van der Waals surface area contributed by atoms with E-state index in [0.717, 1.165) is 17.7 Å². The van der Waals surface area contributed by atoms with Crippen LogP contribution in [0.4, 0.5) is 4.79 Å². The number of hydrogen-bond acceptors (Lipinski definition) is 6. The highest BCUT2D eigenvalue weighted by Gasteiger charge is 2.30. The molecule has 0 saturated carbocycles. The predicted molar refractivity (Wildman–Crippen MR) is 102 cm³/mol. The number of carbonyl (C=O) groups excluding carboxylic acids is 1. The Morgan fingerprint density at radius 3 is 2.89 bits per heavy atom. The van der Waals surface area contributed by atoms with E-state index >= 15 is 0 Å². The minimum Gasteiger partial charge on any atom is -0.390 e. The molecule has 8 nitrogen and oxygen atoms in total. The van der Waals surface area contributed by atoms with E-state index in [9.17, 15) is 9.90 Å². The normalized spacial score (nSPS) is 22.0. The second-order valence-electron chi connectivity index (χ2n) is 6.91. The van der Waals surface area contributed by atoms with Crippen molar-refractivity contribution in [1.29, 1.82) is 0 Å². The molecule has 2 heterocycles. The number of urea groups is 1. The van der Waals surface area contributed by atoms with Gasteiger partial charge in [-0.3, -0.25) is 0 Å². The first-order valence-corrected chi connectivity index (χ1v) is 9.46. The zero-order chi connectivity index (χ0) is 19.8. The molecule has 1 aromatic heterocycles. The summed E-state index contributed by atoms with van der Waals surface area (Å²) in [6.45, 7) is 1.06. The number of amides is 2. The van der Waals surface area contributed by atoms with Gasteiger partial charge in [-0.05, 0) is 18.4 Å². The first kappa shape index (κ1) is 20.3. The van der Waals surface area contributed by atoms with Crippen LogP contribution in [0.3, 0.4) is 0 Å². The molecule has 2 aromatic rings. The maximum Gasteiger partial charge on any atom is 0.315 e. The highest BCUT2D eigenvalue weighted by Crippen LogP contribution is 2.22. The van der Waals surface area contributed by atoms with E-state index in [1.54, 1.807) is 7.11 Å². The van der Waals surface area contributed by atoms with E-state index < -0.39 is 12.2 Å². The van der Waals surface area contributed by atoms with Gasteiger partial charge in [-0.2, -0.15) is 0 Å². The van der Waals surface area contributed by atoms with E-state index in [1.807, 2.05) is 36.4 Å². The summed E-state index contributed by atoms with van der Waals surface area (Å²) in [5.74, 6) is 0.668. The maximum absolute atomic E-state index is 12.0. The number of carbonyl (C=O) groups is 1. The van der Waals surface area contributed by atoms with Crippen molar-refractivity contribution in [1.82, 2.24) is 15.8 Å². The van der Waals surface area contributed by atoms with Crippen LogP contribution in [-0.2, 0) is 29.0 Å². The number of ether oxygens (including phenoxy) is 2. The summed E-state index contributed by atoms with van der Waals surface area (Å²) in [7, 11) is 1.60. The lowest BCUT2D eigenvalue weighted by molar-refractivity contribution is -0.113. The van der Waals surface area contributed by atoms with Crippen molar-refractivity contribution in [2.45, 2.75) is 50.7 Å². The van der Waals surface area contributed by atoms with E-state index in [4.69, 9.17) is 14.0 Å².